The predicted molar refractivity (Wildman–Crippen MR) is 514 cm³/mol. The van der Waals surface area contributed by atoms with E-state index in [0.29, 0.717) is 0 Å². The molecule has 0 radical (unpaired) electrons. The molecule has 8 heteroatoms. The lowest BCUT2D eigenvalue weighted by Crippen LogP contribution is -2.15. The van der Waals surface area contributed by atoms with Crippen molar-refractivity contribution in [2.75, 3.05) is 0 Å². The number of aromatic nitrogens is 8. The monoisotopic (exact) mass is 1570 g/mol. The van der Waals surface area contributed by atoms with E-state index in [9.17, 15) is 0 Å². The Labute approximate surface area is 708 Å². The Bertz CT molecular complexity index is 8720. The first kappa shape index (κ1) is 69.9. The largest absolute Gasteiger partial charge is 0.309 e. The van der Waals surface area contributed by atoms with Gasteiger partial charge in [-0.25, -0.2) is 19.9 Å². The van der Waals surface area contributed by atoms with Gasteiger partial charge in [0.1, 0.15) is 11.4 Å². The van der Waals surface area contributed by atoms with E-state index in [1.54, 1.807) is 0 Å². The molecule has 6 heterocycles. The third kappa shape index (κ3) is 11.0. The van der Waals surface area contributed by atoms with E-state index >= 15 is 0 Å². The maximum absolute atomic E-state index is 5.51. The first-order valence-corrected chi connectivity index (χ1v) is 42.2. The first-order valence-electron chi connectivity index (χ1n) is 42.2. The fourth-order valence-corrected chi connectivity index (χ4v) is 20.1. The van der Waals surface area contributed by atoms with Gasteiger partial charge >= 0.3 is 0 Å². The van der Waals surface area contributed by atoms with E-state index in [1.165, 1.54) is 142 Å². The summed E-state index contributed by atoms with van der Waals surface area (Å²) in [4.78, 5) is 21.8. The van der Waals surface area contributed by atoms with Crippen molar-refractivity contribution in [2.45, 2.75) is 19.3 Å². The number of rotatable bonds is 9. The topological polar surface area (TPSA) is 71.3 Å². The van der Waals surface area contributed by atoms with Gasteiger partial charge in [0.15, 0.2) is 11.6 Å². The highest BCUT2D eigenvalue weighted by Gasteiger charge is 2.36. The zero-order valence-electron chi connectivity index (χ0n) is 67.3. The Morgan fingerprint density at radius 3 is 1.06 bits per heavy atom. The maximum atomic E-state index is 5.51. The van der Waals surface area contributed by atoms with Gasteiger partial charge in [0, 0.05) is 71.0 Å². The molecule has 0 atom stereocenters. The minimum absolute atomic E-state index is 0.145. The Morgan fingerprint density at radius 2 is 0.537 bits per heavy atom. The van der Waals surface area contributed by atoms with Crippen LogP contribution in [0.25, 0.3) is 232 Å². The molecule has 0 unspecified atom stereocenters. The third-order valence-corrected chi connectivity index (χ3v) is 26.0. The van der Waals surface area contributed by atoms with Crippen molar-refractivity contribution < 1.29 is 0 Å². The lowest BCUT2D eigenvalue weighted by Gasteiger charge is -2.22. The highest BCUT2D eigenvalue weighted by molar-refractivity contribution is 6.24. The van der Waals surface area contributed by atoms with Crippen LogP contribution >= 0.6 is 0 Å². The smallest absolute Gasteiger partial charge is 0.165 e. The molecule has 0 saturated carbocycles. The fourth-order valence-electron chi connectivity index (χ4n) is 20.1. The summed E-state index contributed by atoms with van der Waals surface area (Å²) in [6, 6.07) is 149. The van der Waals surface area contributed by atoms with Crippen LogP contribution in [-0.2, 0) is 5.41 Å². The van der Waals surface area contributed by atoms with Gasteiger partial charge in [-0.15, -0.1) is 0 Å². The van der Waals surface area contributed by atoms with Crippen molar-refractivity contribution in [1.29, 1.82) is 0 Å². The minimum atomic E-state index is -0.145. The van der Waals surface area contributed by atoms with Crippen molar-refractivity contribution in [2.24, 2.45) is 0 Å². The molecule has 1 aliphatic carbocycles. The van der Waals surface area contributed by atoms with Crippen molar-refractivity contribution in [3.8, 4) is 90.0 Å². The van der Waals surface area contributed by atoms with Gasteiger partial charge in [0.05, 0.1) is 66.2 Å². The van der Waals surface area contributed by atoms with Gasteiger partial charge in [-0.1, -0.05) is 293 Å². The van der Waals surface area contributed by atoms with Crippen LogP contribution < -0.4 is 0 Å². The minimum Gasteiger partial charge on any atom is -0.309 e. The van der Waals surface area contributed by atoms with Crippen LogP contribution in [0.4, 0.5) is 0 Å². The fraction of sp³-hybridized carbons (Fsp3) is 0.0261. The average Bonchev–Trinajstić information content (AvgIpc) is 1.57. The molecule has 0 bridgehead atoms. The summed E-state index contributed by atoms with van der Waals surface area (Å²) in [5.74, 6) is 1.63. The molecule has 0 spiro atoms. The Morgan fingerprint density at radius 1 is 0.195 bits per heavy atom. The maximum Gasteiger partial charge on any atom is 0.165 e. The predicted octanol–water partition coefficient (Wildman–Crippen LogP) is 29.7. The van der Waals surface area contributed by atoms with Crippen LogP contribution in [0.3, 0.4) is 0 Å². The van der Waals surface area contributed by atoms with Crippen LogP contribution in [0.5, 0.6) is 0 Å². The van der Waals surface area contributed by atoms with Gasteiger partial charge in [-0.05, 0) is 221 Å². The van der Waals surface area contributed by atoms with Gasteiger partial charge in [-0.2, -0.15) is 0 Å². The summed E-state index contributed by atoms with van der Waals surface area (Å²) in [6.07, 6.45) is 0. The average molecular weight is 1570 g/mol. The number of nitrogens with zero attached hydrogens (tertiary/aromatic N) is 8. The lowest BCUT2D eigenvalue weighted by atomic mass is 9.82. The van der Waals surface area contributed by atoms with Crippen molar-refractivity contribution >= 4 is 142 Å². The van der Waals surface area contributed by atoms with E-state index in [0.717, 1.165) is 101 Å². The Balaban J connectivity index is 0.000000135. The molecule has 0 fully saturated rings. The summed E-state index contributed by atoms with van der Waals surface area (Å²) in [5.41, 5.74) is 30.9. The van der Waals surface area contributed by atoms with Gasteiger partial charge in [-0.3, -0.25) is 9.13 Å². The zero-order chi connectivity index (χ0) is 81.1. The number of hydrogen-bond acceptors (Lipinski definition) is 4. The molecule has 0 saturated heterocycles. The second kappa shape index (κ2) is 27.5. The van der Waals surface area contributed by atoms with Crippen LogP contribution in [0, 0.1) is 0 Å². The molecule has 8 nitrogen and oxygen atoms in total. The number of hydrogen-bond donors (Lipinski definition) is 0. The molecule has 574 valence electrons. The third-order valence-electron chi connectivity index (χ3n) is 26.0. The standard InChI is InChI=1S/C58H36N4.C57H38N4/c1-2-15-45(16-3-1)61-52-21-11-8-18-47(52)48-35-43(29-31-53(48)61)44-30-32-54-49(36-44)56-46-17-7-6-13-39(46)28-33-55(56)62(54)58-57(59-50-19-9-10-20-51(50)60-58)40-25-22-38(23-26-40)42-27-24-37-12-4-5-14-41(37)34-42;1-57(2)46-20-10-8-18-41(46)42-28-24-38(34-47(42)57)55-56(59-49-22-12-11-21-48(49)58-55)61-52-30-27-37(33-45(52)54-40-17-7-6-14-35(40)25-31-53(54)61)36-26-29-51-44(32-36)43-19-9-13-23-50(43)60(51)39-15-4-3-5-16-39/h1-36H;3-34H,1-2H3. The molecule has 123 heavy (non-hydrogen) atoms. The van der Waals surface area contributed by atoms with Crippen LogP contribution in [0.1, 0.15) is 25.0 Å². The SMILES string of the molecule is CC1(C)c2ccccc2-c2ccc(-c3nc4ccccc4nc3-n3c4ccc(-c5ccc6c(c5)c5ccccc5n6-c5ccccc5)cc4c4c5ccccc5ccc43)cc21.c1ccc(-n2c3ccccc3c3cc(-c4ccc5c(c4)c4c6ccccc6ccc4n5-c4nc5ccccc5nc4-c4ccc(-c5ccc6ccccc6c5)cc4)ccc32)cc1. The summed E-state index contributed by atoms with van der Waals surface area (Å²) in [5, 5.41) is 17.0. The van der Waals surface area contributed by atoms with Crippen LogP contribution in [-0.4, -0.2) is 38.2 Å². The summed E-state index contributed by atoms with van der Waals surface area (Å²) < 4.78 is 9.44. The van der Waals surface area contributed by atoms with E-state index in [-0.39, 0.29) is 5.41 Å². The van der Waals surface area contributed by atoms with Crippen molar-refractivity contribution in [3.05, 3.63) is 424 Å². The second-order valence-electron chi connectivity index (χ2n) is 33.2. The van der Waals surface area contributed by atoms with Crippen molar-refractivity contribution in [3.63, 3.8) is 0 Å². The van der Waals surface area contributed by atoms with E-state index < -0.39 is 0 Å². The number of para-hydroxylation sites is 8. The van der Waals surface area contributed by atoms with Gasteiger partial charge in [0.2, 0.25) is 0 Å². The number of fused-ring (bicyclic) bond motifs is 22. The highest BCUT2D eigenvalue weighted by Crippen LogP contribution is 2.52. The van der Waals surface area contributed by atoms with Crippen LogP contribution in [0.15, 0.2) is 413 Å². The van der Waals surface area contributed by atoms with E-state index in [2.05, 4.69) is 426 Å². The molecular formula is C115H74N8. The molecule has 0 amide bonds. The van der Waals surface area contributed by atoms with E-state index in [4.69, 9.17) is 19.9 Å². The molecule has 1 aliphatic rings. The molecule has 19 aromatic carbocycles. The van der Waals surface area contributed by atoms with E-state index in [1.807, 2.05) is 18.2 Å². The van der Waals surface area contributed by atoms with Gasteiger partial charge < -0.3 is 9.13 Å². The molecule has 26 rings (SSSR count). The quantitative estimate of drug-likeness (QED) is 0.144. The summed E-state index contributed by atoms with van der Waals surface area (Å²) >= 11 is 0. The highest BCUT2D eigenvalue weighted by atomic mass is 15.1. The molecule has 0 aliphatic heterocycles. The van der Waals surface area contributed by atoms with Gasteiger partial charge in [0.25, 0.3) is 0 Å². The number of benzene rings is 19. The molecule has 0 N–H and O–H groups in total. The lowest BCUT2D eigenvalue weighted by molar-refractivity contribution is 0.660. The molecule has 6 aromatic heterocycles. The Hall–Kier alpha value is -16.2. The molecule has 25 aromatic rings. The van der Waals surface area contributed by atoms with Crippen LogP contribution in [0.2, 0.25) is 0 Å². The zero-order valence-corrected chi connectivity index (χ0v) is 67.3. The molecular weight excluding hydrogens is 1490 g/mol. The second-order valence-corrected chi connectivity index (χ2v) is 33.2. The Kier molecular flexibility index (Phi) is 15.6. The van der Waals surface area contributed by atoms with Crippen molar-refractivity contribution in [1.82, 2.24) is 38.2 Å². The first-order chi connectivity index (χ1) is 60.7. The normalized spacial score (nSPS) is 12.5. The summed E-state index contributed by atoms with van der Waals surface area (Å²) in [7, 11) is 0. The summed E-state index contributed by atoms with van der Waals surface area (Å²) in [6.45, 7) is 4.67.